The lowest BCUT2D eigenvalue weighted by molar-refractivity contribution is 0.478. The van der Waals surface area contributed by atoms with E-state index in [1.165, 1.54) is 10.8 Å². The second-order valence-corrected chi connectivity index (χ2v) is 10.7. The molecular weight excluding hydrogens is 526 g/mol. The van der Waals surface area contributed by atoms with Gasteiger partial charge in [-0.15, -0.1) is 0 Å². The first-order chi connectivity index (χ1) is 21.2. The first-order valence-corrected chi connectivity index (χ1v) is 14.4. The number of hydrogen-bond acceptors (Lipinski definition) is 3. The zero-order chi connectivity index (χ0) is 28.8. The minimum Gasteiger partial charge on any atom is -0.505 e. The number of anilines is 3. The standard InChI is InChI=1S/C40H27NO2/c42-40-34(30-15-9-14-29(25-30)27-11-3-1-4-12-27)19-10-20-36(40)41(31-16-5-2-6-17-31)32-22-23-35-38(26-32)43-37-24-21-28-13-7-8-18-33(28)39(35)37/h1-26,42H. The highest BCUT2D eigenvalue weighted by atomic mass is 16.3. The summed E-state index contributed by atoms with van der Waals surface area (Å²) in [6.45, 7) is 0. The third-order valence-corrected chi connectivity index (χ3v) is 8.15. The second kappa shape index (κ2) is 10.2. The molecular formula is C40H27NO2. The molecule has 7 aromatic carbocycles. The fourth-order valence-corrected chi connectivity index (χ4v) is 6.12. The van der Waals surface area contributed by atoms with Crippen molar-refractivity contribution >= 4 is 49.8 Å². The van der Waals surface area contributed by atoms with Gasteiger partial charge in [0.15, 0.2) is 0 Å². The molecule has 8 aromatic rings. The molecule has 1 aromatic heterocycles. The lowest BCUT2D eigenvalue weighted by atomic mass is 9.97. The van der Waals surface area contributed by atoms with Crippen LogP contribution in [0.3, 0.4) is 0 Å². The maximum Gasteiger partial charge on any atom is 0.147 e. The molecule has 0 aliphatic carbocycles. The lowest BCUT2D eigenvalue weighted by Gasteiger charge is -2.27. The predicted octanol–water partition coefficient (Wildman–Crippen LogP) is 11.2. The van der Waals surface area contributed by atoms with Crippen molar-refractivity contribution in [3.05, 3.63) is 158 Å². The van der Waals surface area contributed by atoms with Crippen molar-refractivity contribution in [2.24, 2.45) is 0 Å². The van der Waals surface area contributed by atoms with Gasteiger partial charge < -0.3 is 14.4 Å². The van der Waals surface area contributed by atoms with Gasteiger partial charge in [0.25, 0.3) is 0 Å². The minimum absolute atomic E-state index is 0.215. The summed E-state index contributed by atoms with van der Waals surface area (Å²) in [7, 11) is 0. The Bertz CT molecular complexity index is 2250. The van der Waals surface area contributed by atoms with Crippen LogP contribution in [0.2, 0.25) is 0 Å². The average molecular weight is 554 g/mol. The molecule has 0 bridgehead atoms. The maximum absolute atomic E-state index is 11.9. The van der Waals surface area contributed by atoms with Crippen LogP contribution >= 0.6 is 0 Å². The summed E-state index contributed by atoms with van der Waals surface area (Å²) in [6, 6.07) is 53.5. The fourth-order valence-electron chi connectivity index (χ4n) is 6.12. The number of phenols is 1. The van der Waals surface area contributed by atoms with Gasteiger partial charge in [0.05, 0.1) is 11.4 Å². The quantitative estimate of drug-likeness (QED) is 0.230. The Kier molecular flexibility index (Phi) is 5.94. The van der Waals surface area contributed by atoms with Crippen molar-refractivity contribution in [1.29, 1.82) is 0 Å². The van der Waals surface area contributed by atoms with E-state index in [4.69, 9.17) is 4.42 Å². The van der Waals surface area contributed by atoms with E-state index in [9.17, 15) is 5.11 Å². The van der Waals surface area contributed by atoms with E-state index in [2.05, 4.69) is 89.8 Å². The monoisotopic (exact) mass is 553 g/mol. The lowest BCUT2D eigenvalue weighted by Crippen LogP contribution is -2.10. The molecule has 0 fully saturated rings. The van der Waals surface area contributed by atoms with Crippen molar-refractivity contribution in [3.8, 4) is 28.0 Å². The number of hydrogen-bond donors (Lipinski definition) is 1. The van der Waals surface area contributed by atoms with E-state index in [0.717, 1.165) is 55.6 Å². The van der Waals surface area contributed by atoms with Gasteiger partial charge in [-0.3, -0.25) is 0 Å². The molecule has 0 radical (unpaired) electrons. The van der Waals surface area contributed by atoms with Crippen LogP contribution in [0.1, 0.15) is 0 Å². The van der Waals surface area contributed by atoms with Crippen LogP contribution in [0.5, 0.6) is 5.75 Å². The maximum atomic E-state index is 11.9. The Labute approximate surface area is 249 Å². The van der Waals surface area contributed by atoms with Gasteiger partial charge in [0, 0.05) is 28.1 Å². The van der Waals surface area contributed by atoms with Gasteiger partial charge in [-0.2, -0.15) is 0 Å². The third kappa shape index (κ3) is 4.30. The molecule has 0 aliphatic heterocycles. The van der Waals surface area contributed by atoms with E-state index in [0.29, 0.717) is 5.69 Å². The number of rotatable bonds is 5. The van der Waals surface area contributed by atoms with Gasteiger partial charge >= 0.3 is 0 Å². The van der Waals surface area contributed by atoms with Crippen molar-refractivity contribution in [2.75, 3.05) is 4.90 Å². The second-order valence-electron chi connectivity index (χ2n) is 10.7. The van der Waals surface area contributed by atoms with Gasteiger partial charge in [0.2, 0.25) is 0 Å². The zero-order valence-electron chi connectivity index (χ0n) is 23.3. The normalized spacial score (nSPS) is 11.3. The molecule has 204 valence electrons. The largest absolute Gasteiger partial charge is 0.505 e. The number of para-hydroxylation sites is 2. The molecule has 8 rings (SSSR count). The van der Waals surface area contributed by atoms with E-state index < -0.39 is 0 Å². The summed E-state index contributed by atoms with van der Waals surface area (Å²) in [5.74, 6) is 0.215. The van der Waals surface area contributed by atoms with Crippen molar-refractivity contribution in [1.82, 2.24) is 0 Å². The molecule has 0 saturated heterocycles. The summed E-state index contributed by atoms with van der Waals surface area (Å²) < 4.78 is 6.41. The summed E-state index contributed by atoms with van der Waals surface area (Å²) in [5.41, 5.74) is 8.15. The van der Waals surface area contributed by atoms with Crippen molar-refractivity contribution in [3.63, 3.8) is 0 Å². The van der Waals surface area contributed by atoms with Crippen LogP contribution in [-0.2, 0) is 0 Å². The summed E-state index contributed by atoms with van der Waals surface area (Å²) >= 11 is 0. The summed E-state index contributed by atoms with van der Waals surface area (Å²) in [4.78, 5) is 2.09. The van der Waals surface area contributed by atoms with Gasteiger partial charge in [0.1, 0.15) is 16.9 Å². The summed E-state index contributed by atoms with van der Waals surface area (Å²) in [6.07, 6.45) is 0. The highest BCUT2D eigenvalue weighted by Gasteiger charge is 2.20. The van der Waals surface area contributed by atoms with E-state index in [1.807, 2.05) is 72.8 Å². The number of aromatic hydroxyl groups is 1. The number of fused-ring (bicyclic) bond motifs is 5. The topological polar surface area (TPSA) is 36.6 Å². The molecule has 0 saturated carbocycles. The van der Waals surface area contributed by atoms with E-state index in [-0.39, 0.29) is 5.75 Å². The number of nitrogens with zero attached hydrogens (tertiary/aromatic N) is 1. The molecule has 3 nitrogen and oxygen atoms in total. The number of benzene rings is 7. The van der Waals surface area contributed by atoms with Crippen LogP contribution in [0, 0.1) is 0 Å². The zero-order valence-corrected chi connectivity index (χ0v) is 23.3. The average Bonchev–Trinajstić information content (AvgIpc) is 3.45. The highest BCUT2D eigenvalue weighted by Crippen LogP contribution is 2.46. The van der Waals surface area contributed by atoms with Crippen LogP contribution in [-0.4, -0.2) is 5.11 Å². The summed E-state index contributed by atoms with van der Waals surface area (Å²) in [5, 5.41) is 16.4. The third-order valence-electron chi connectivity index (χ3n) is 8.15. The molecule has 0 aliphatic rings. The van der Waals surface area contributed by atoms with Crippen LogP contribution in [0.25, 0.3) is 55.0 Å². The highest BCUT2D eigenvalue weighted by molar-refractivity contribution is 6.19. The number of phenolic OH excluding ortho intramolecular Hbond substituents is 1. The SMILES string of the molecule is Oc1c(-c2cccc(-c3ccccc3)c2)cccc1N(c1ccccc1)c1ccc2c(c1)oc1ccc3ccccc3c12. The predicted molar refractivity (Wildman–Crippen MR) is 178 cm³/mol. The molecule has 43 heavy (non-hydrogen) atoms. The van der Waals surface area contributed by atoms with Crippen LogP contribution in [0.15, 0.2) is 162 Å². The smallest absolute Gasteiger partial charge is 0.147 e. The van der Waals surface area contributed by atoms with E-state index in [1.54, 1.807) is 0 Å². The van der Waals surface area contributed by atoms with Gasteiger partial charge in [-0.25, -0.2) is 0 Å². The van der Waals surface area contributed by atoms with Crippen molar-refractivity contribution in [2.45, 2.75) is 0 Å². The molecule has 0 unspecified atom stereocenters. The Morgan fingerprint density at radius 1 is 0.465 bits per heavy atom. The fraction of sp³-hybridized carbons (Fsp3) is 0. The molecule has 0 spiro atoms. The molecule has 1 N–H and O–H groups in total. The molecule has 0 atom stereocenters. The first-order valence-electron chi connectivity index (χ1n) is 14.4. The van der Waals surface area contributed by atoms with Crippen LogP contribution < -0.4 is 4.90 Å². The van der Waals surface area contributed by atoms with Gasteiger partial charge in [-0.1, -0.05) is 109 Å². The van der Waals surface area contributed by atoms with E-state index >= 15 is 0 Å². The Morgan fingerprint density at radius 2 is 1.19 bits per heavy atom. The number of furan rings is 1. The molecule has 3 heteroatoms. The molecule has 0 amide bonds. The van der Waals surface area contributed by atoms with Crippen molar-refractivity contribution < 1.29 is 9.52 Å². The Hall–Kier alpha value is -5.80. The Morgan fingerprint density at radius 3 is 2.05 bits per heavy atom. The first kappa shape index (κ1) is 25.0. The Balaban J connectivity index is 1.29. The van der Waals surface area contributed by atoms with Gasteiger partial charge in [-0.05, 0) is 69.9 Å². The minimum atomic E-state index is 0.215. The van der Waals surface area contributed by atoms with Crippen LogP contribution in [0.4, 0.5) is 17.1 Å². The molecule has 1 heterocycles.